The first kappa shape index (κ1) is 16.0. The van der Waals surface area contributed by atoms with Crippen molar-refractivity contribution in [2.75, 3.05) is 20.3 Å². The molecule has 0 fully saturated rings. The Hall–Kier alpha value is -2.07. The Morgan fingerprint density at radius 1 is 1.45 bits per heavy atom. The summed E-state index contributed by atoms with van der Waals surface area (Å²) in [5, 5.41) is 10.8. The lowest BCUT2D eigenvalue weighted by atomic mass is 10.2. The molecular formula is C13H13BrN2O4. The third kappa shape index (κ3) is 4.90. The molecule has 0 aliphatic rings. The fourth-order valence-electron chi connectivity index (χ4n) is 1.31. The van der Waals surface area contributed by atoms with Crippen LogP contribution < -0.4 is 10.1 Å². The van der Waals surface area contributed by atoms with Crippen molar-refractivity contribution >= 4 is 27.8 Å². The number of hydrogen-bond acceptors (Lipinski definition) is 5. The fourth-order valence-corrected chi connectivity index (χ4v) is 1.71. The highest BCUT2D eigenvalue weighted by Crippen LogP contribution is 2.23. The van der Waals surface area contributed by atoms with Gasteiger partial charge in [0.05, 0.1) is 25.2 Å². The fraction of sp³-hybridized carbons (Fsp3) is 0.308. The first-order valence-corrected chi connectivity index (χ1v) is 6.52. The van der Waals surface area contributed by atoms with Crippen molar-refractivity contribution in [1.82, 2.24) is 5.32 Å². The van der Waals surface area contributed by atoms with Crippen LogP contribution in [0.2, 0.25) is 0 Å². The third-order valence-electron chi connectivity index (χ3n) is 2.29. The number of nitriles is 1. The molecule has 0 saturated carbocycles. The van der Waals surface area contributed by atoms with E-state index in [4.69, 9.17) is 14.7 Å². The molecule has 7 heteroatoms. The first-order valence-electron chi connectivity index (χ1n) is 5.72. The summed E-state index contributed by atoms with van der Waals surface area (Å²) in [6.45, 7) is -0.163. The maximum absolute atomic E-state index is 11.8. The summed E-state index contributed by atoms with van der Waals surface area (Å²) in [6, 6.07) is 6.75. The second kappa shape index (κ2) is 8.17. The average Bonchev–Trinajstić information content (AvgIpc) is 2.45. The van der Waals surface area contributed by atoms with Crippen molar-refractivity contribution in [3.63, 3.8) is 0 Å². The van der Waals surface area contributed by atoms with Gasteiger partial charge in [-0.15, -0.1) is 0 Å². The van der Waals surface area contributed by atoms with Crippen LogP contribution in [-0.4, -0.2) is 32.1 Å². The first-order chi connectivity index (χ1) is 9.58. The van der Waals surface area contributed by atoms with E-state index in [0.717, 1.165) is 0 Å². The second-order valence-electron chi connectivity index (χ2n) is 3.68. The van der Waals surface area contributed by atoms with Crippen LogP contribution in [0, 0.1) is 11.3 Å². The summed E-state index contributed by atoms with van der Waals surface area (Å²) in [4.78, 5) is 23.2. The molecule has 1 rings (SSSR count). The zero-order valence-corrected chi connectivity index (χ0v) is 12.4. The molecule has 0 atom stereocenters. The average molecular weight is 341 g/mol. The molecule has 0 saturated heterocycles. The van der Waals surface area contributed by atoms with Crippen LogP contribution in [0.3, 0.4) is 0 Å². The number of nitrogens with zero attached hydrogens (tertiary/aromatic N) is 1. The highest BCUT2D eigenvalue weighted by atomic mass is 79.9. The van der Waals surface area contributed by atoms with Gasteiger partial charge >= 0.3 is 5.97 Å². The minimum absolute atomic E-state index is 0.209. The molecule has 0 unspecified atom stereocenters. The van der Waals surface area contributed by atoms with Crippen molar-refractivity contribution in [2.24, 2.45) is 0 Å². The van der Waals surface area contributed by atoms with Gasteiger partial charge in [0.2, 0.25) is 0 Å². The topological polar surface area (TPSA) is 88.4 Å². The van der Waals surface area contributed by atoms with E-state index in [0.29, 0.717) is 10.2 Å². The van der Waals surface area contributed by atoms with E-state index >= 15 is 0 Å². The van der Waals surface area contributed by atoms with Crippen LogP contribution in [0.5, 0.6) is 5.75 Å². The Balaban J connectivity index is 2.55. The molecule has 1 aromatic rings. The quantitative estimate of drug-likeness (QED) is 0.628. The molecule has 0 aromatic heterocycles. The van der Waals surface area contributed by atoms with E-state index in [1.807, 2.05) is 6.07 Å². The molecular weight excluding hydrogens is 328 g/mol. The SMILES string of the molecule is COc1ccc(Br)c(C(=O)OCC(=O)NCCC#N)c1. The predicted molar refractivity (Wildman–Crippen MR) is 74.2 cm³/mol. The molecule has 20 heavy (non-hydrogen) atoms. The van der Waals surface area contributed by atoms with E-state index in [-0.39, 0.29) is 18.5 Å². The summed E-state index contributed by atoms with van der Waals surface area (Å²) in [6.07, 6.45) is 0.209. The standard InChI is InChI=1S/C13H13BrN2O4/c1-19-9-3-4-11(14)10(7-9)13(18)20-8-12(17)16-6-2-5-15/h3-4,7H,2,6,8H2,1H3,(H,16,17). The molecule has 0 aliphatic carbocycles. The lowest BCUT2D eigenvalue weighted by Gasteiger charge is -2.08. The number of esters is 1. The van der Waals surface area contributed by atoms with E-state index in [1.165, 1.54) is 13.2 Å². The maximum atomic E-state index is 11.8. The number of hydrogen-bond donors (Lipinski definition) is 1. The highest BCUT2D eigenvalue weighted by molar-refractivity contribution is 9.10. The molecule has 1 amide bonds. The third-order valence-corrected chi connectivity index (χ3v) is 2.98. The zero-order valence-electron chi connectivity index (χ0n) is 10.8. The highest BCUT2D eigenvalue weighted by Gasteiger charge is 2.14. The molecule has 1 aromatic carbocycles. The largest absolute Gasteiger partial charge is 0.497 e. The Morgan fingerprint density at radius 3 is 2.85 bits per heavy atom. The normalized spacial score (nSPS) is 9.45. The van der Waals surface area contributed by atoms with Gasteiger partial charge in [0.1, 0.15) is 5.75 Å². The summed E-state index contributed by atoms with van der Waals surface area (Å²) in [5.41, 5.74) is 0.272. The van der Waals surface area contributed by atoms with Crippen LogP contribution in [0.4, 0.5) is 0 Å². The smallest absolute Gasteiger partial charge is 0.339 e. The van der Waals surface area contributed by atoms with Crippen LogP contribution in [0.25, 0.3) is 0 Å². The lowest BCUT2D eigenvalue weighted by molar-refractivity contribution is -0.124. The van der Waals surface area contributed by atoms with Gasteiger partial charge in [-0.2, -0.15) is 5.26 Å². The maximum Gasteiger partial charge on any atom is 0.339 e. The molecule has 1 N–H and O–H groups in total. The number of methoxy groups -OCH3 is 1. The van der Waals surface area contributed by atoms with Gasteiger partial charge in [0.15, 0.2) is 6.61 Å². The van der Waals surface area contributed by atoms with Crippen molar-refractivity contribution in [1.29, 1.82) is 5.26 Å². The van der Waals surface area contributed by atoms with Crippen LogP contribution >= 0.6 is 15.9 Å². The van der Waals surface area contributed by atoms with E-state index < -0.39 is 18.5 Å². The minimum Gasteiger partial charge on any atom is -0.497 e. The number of amides is 1. The minimum atomic E-state index is -0.633. The molecule has 0 aliphatic heterocycles. The van der Waals surface area contributed by atoms with E-state index in [1.54, 1.807) is 12.1 Å². The summed E-state index contributed by atoms with van der Waals surface area (Å²) >= 11 is 3.23. The van der Waals surface area contributed by atoms with Crippen molar-refractivity contribution < 1.29 is 19.1 Å². The predicted octanol–water partition coefficient (Wildman–Crippen LogP) is 1.64. The lowest BCUT2D eigenvalue weighted by Crippen LogP contribution is -2.29. The van der Waals surface area contributed by atoms with Crippen molar-refractivity contribution in [3.05, 3.63) is 28.2 Å². The van der Waals surface area contributed by atoms with Crippen LogP contribution in [0.15, 0.2) is 22.7 Å². The summed E-state index contributed by atoms with van der Waals surface area (Å²) in [5.74, 6) is -0.572. The number of benzene rings is 1. The Morgan fingerprint density at radius 2 is 2.20 bits per heavy atom. The van der Waals surface area contributed by atoms with E-state index in [9.17, 15) is 9.59 Å². The van der Waals surface area contributed by atoms with Crippen molar-refractivity contribution in [3.8, 4) is 11.8 Å². The molecule has 0 bridgehead atoms. The number of ether oxygens (including phenoxy) is 2. The van der Waals surface area contributed by atoms with Gasteiger partial charge in [-0.1, -0.05) is 0 Å². The monoisotopic (exact) mass is 340 g/mol. The number of halogens is 1. The number of carbonyl (C=O) groups is 2. The Bertz CT molecular complexity index is 540. The number of nitrogens with one attached hydrogen (secondary N) is 1. The van der Waals surface area contributed by atoms with E-state index in [2.05, 4.69) is 21.2 Å². The number of carbonyl (C=O) groups excluding carboxylic acids is 2. The second-order valence-corrected chi connectivity index (χ2v) is 4.53. The molecule has 0 spiro atoms. The van der Waals surface area contributed by atoms with Crippen LogP contribution in [0.1, 0.15) is 16.8 Å². The van der Waals surface area contributed by atoms with Gasteiger partial charge in [-0.05, 0) is 34.1 Å². The van der Waals surface area contributed by atoms with Gasteiger partial charge in [0.25, 0.3) is 5.91 Å². The molecule has 6 nitrogen and oxygen atoms in total. The Labute approximate surface area is 124 Å². The van der Waals surface area contributed by atoms with Crippen LogP contribution in [-0.2, 0) is 9.53 Å². The van der Waals surface area contributed by atoms with Gasteiger partial charge in [-0.3, -0.25) is 4.79 Å². The van der Waals surface area contributed by atoms with Gasteiger partial charge in [0, 0.05) is 11.0 Å². The van der Waals surface area contributed by atoms with Gasteiger partial charge in [-0.25, -0.2) is 4.79 Å². The van der Waals surface area contributed by atoms with Gasteiger partial charge < -0.3 is 14.8 Å². The molecule has 0 radical (unpaired) electrons. The summed E-state index contributed by atoms with van der Waals surface area (Å²) < 4.78 is 10.4. The molecule has 0 heterocycles. The summed E-state index contributed by atoms with van der Waals surface area (Å²) in [7, 11) is 1.49. The molecule has 106 valence electrons. The zero-order chi connectivity index (χ0) is 15.0. The number of rotatable bonds is 6. The Kier molecular flexibility index (Phi) is 6.53. The van der Waals surface area contributed by atoms with Crippen molar-refractivity contribution in [2.45, 2.75) is 6.42 Å².